The number of nitrogens with one attached hydrogen (secondary N) is 1. The molecule has 1 heterocycles. The van der Waals surface area contributed by atoms with Gasteiger partial charge in [0.15, 0.2) is 0 Å². The van der Waals surface area contributed by atoms with Crippen LogP contribution < -0.4 is 15.8 Å². The molecule has 0 saturated heterocycles. The molecule has 0 atom stereocenters. The zero-order valence-electron chi connectivity index (χ0n) is 13.2. The fourth-order valence-electron chi connectivity index (χ4n) is 2.43. The third-order valence-corrected chi connectivity index (χ3v) is 3.72. The van der Waals surface area contributed by atoms with Gasteiger partial charge >= 0.3 is 0 Å². The van der Waals surface area contributed by atoms with Crippen molar-refractivity contribution in [3.8, 4) is 16.9 Å². The molecular weight excluding hydrogens is 326 g/mol. The molecule has 9 nitrogen and oxygen atoms in total. The van der Waals surface area contributed by atoms with Crippen LogP contribution in [0.1, 0.15) is 0 Å². The van der Waals surface area contributed by atoms with E-state index >= 15 is 0 Å². The molecule has 130 valence electrons. The summed E-state index contributed by atoms with van der Waals surface area (Å²) in [6.07, 6.45) is 3.30. The Morgan fingerprint density at radius 1 is 1.04 bits per heavy atom. The number of rotatable bonds is 5. The summed E-state index contributed by atoms with van der Waals surface area (Å²) in [7, 11) is 1.73. The Balaban J connectivity index is 1.97. The highest BCUT2D eigenvalue weighted by Crippen LogP contribution is 2.28. The molecule has 25 heavy (non-hydrogen) atoms. The average molecular weight is 341 g/mol. The van der Waals surface area contributed by atoms with E-state index in [0.29, 0.717) is 11.4 Å². The van der Waals surface area contributed by atoms with E-state index in [-0.39, 0.29) is 16.6 Å². The molecule has 9 heteroatoms. The van der Waals surface area contributed by atoms with Crippen LogP contribution in [-0.4, -0.2) is 27.0 Å². The maximum Gasteiger partial charge on any atom is 0.1000 e. The minimum Gasteiger partial charge on any atom is -0.769 e. The van der Waals surface area contributed by atoms with Crippen molar-refractivity contribution >= 4 is 17.1 Å². The van der Waals surface area contributed by atoms with E-state index in [0.717, 1.165) is 11.3 Å². The number of hydrogen-bond donors (Lipinski definition) is 3. The summed E-state index contributed by atoms with van der Waals surface area (Å²) in [5, 5.41) is 42.6. The standard InChI is InChI=1S/C16H15N5O4/c1-17-14-7-6-13(21(24)25)8-16(14)19-9-15(18-10-19)11-2-4-12(5-3-11)20(22)23/h2-10,17,22-23H,1H3/q-2. The van der Waals surface area contributed by atoms with E-state index in [1.54, 1.807) is 42.3 Å². The molecule has 3 aromatic rings. The normalized spacial score (nSPS) is 10.6. The summed E-state index contributed by atoms with van der Waals surface area (Å²) in [6, 6.07) is 11.0. The molecule has 0 saturated carbocycles. The van der Waals surface area contributed by atoms with Crippen molar-refractivity contribution in [2.75, 3.05) is 22.8 Å². The third kappa shape index (κ3) is 3.39. The second kappa shape index (κ2) is 6.79. The second-order valence-electron chi connectivity index (χ2n) is 5.21. The van der Waals surface area contributed by atoms with Crippen LogP contribution in [0.5, 0.6) is 0 Å². The Kier molecular flexibility index (Phi) is 4.55. The number of aromatic nitrogens is 2. The molecule has 3 rings (SSSR count). The van der Waals surface area contributed by atoms with Crippen molar-refractivity contribution in [1.82, 2.24) is 9.55 Å². The van der Waals surface area contributed by atoms with Gasteiger partial charge in [-0.05, 0) is 30.3 Å². The van der Waals surface area contributed by atoms with Crippen molar-refractivity contribution in [3.05, 3.63) is 65.4 Å². The Hall–Kier alpha value is -3.11. The van der Waals surface area contributed by atoms with E-state index in [2.05, 4.69) is 10.3 Å². The van der Waals surface area contributed by atoms with E-state index in [1.165, 1.54) is 24.3 Å². The molecule has 0 unspecified atom stereocenters. The van der Waals surface area contributed by atoms with Crippen molar-refractivity contribution in [2.24, 2.45) is 0 Å². The van der Waals surface area contributed by atoms with E-state index in [1.807, 2.05) is 0 Å². The topological polar surface area (TPSA) is 123 Å². The fraction of sp³-hybridized carbons (Fsp3) is 0.0625. The predicted octanol–water partition coefficient (Wildman–Crippen LogP) is 2.97. The van der Waals surface area contributed by atoms with Crippen molar-refractivity contribution in [1.29, 1.82) is 0 Å². The lowest BCUT2D eigenvalue weighted by molar-refractivity contribution is 0.0292. The number of hydrogen-bond acceptors (Lipinski definition) is 8. The molecule has 0 fully saturated rings. The summed E-state index contributed by atoms with van der Waals surface area (Å²) in [4.78, 5) is 4.31. The van der Waals surface area contributed by atoms with Gasteiger partial charge in [0.1, 0.15) is 0 Å². The van der Waals surface area contributed by atoms with Gasteiger partial charge in [-0.3, -0.25) is 10.4 Å². The molecule has 0 amide bonds. The number of anilines is 3. The van der Waals surface area contributed by atoms with Gasteiger partial charge in [0.25, 0.3) is 0 Å². The molecular formula is C16H15N5O4-2. The molecule has 3 N–H and O–H groups in total. The van der Waals surface area contributed by atoms with E-state index in [4.69, 9.17) is 10.4 Å². The lowest BCUT2D eigenvalue weighted by atomic mass is 10.1. The van der Waals surface area contributed by atoms with Gasteiger partial charge < -0.3 is 25.5 Å². The highest BCUT2D eigenvalue weighted by molar-refractivity contribution is 5.70. The first-order valence-electron chi connectivity index (χ1n) is 7.28. The minimum atomic E-state index is -0.449. The second-order valence-corrected chi connectivity index (χ2v) is 5.21. The van der Waals surface area contributed by atoms with Gasteiger partial charge in [-0.25, -0.2) is 4.98 Å². The highest BCUT2D eigenvalue weighted by atomic mass is 16.8. The van der Waals surface area contributed by atoms with Crippen LogP contribution in [0.4, 0.5) is 17.1 Å². The Bertz CT molecular complexity index is 861. The average Bonchev–Trinajstić information content (AvgIpc) is 3.11. The minimum absolute atomic E-state index is 0.0143. The van der Waals surface area contributed by atoms with Crippen molar-refractivity contribution < 1.29 is 10.4 Å². The SMILES string of the molecule is CNc1ccc(N([O-])[O-])cc1-n1cnc(-c2ccc(N(O)O)cc2)c1. The van der Waals surface area contributed by atoms with Crippen molar-refractivity contribution in [2.45, 2.75) is 0 Å². The van der Waals surface area contributed by atoms with Gasteiger partial charge in [-0.1, -0.05) is 12.1 Å². The van der Waals surface area contributed by atoms with Gasteiger partial charge in [-0.2, -0.15) is 0 Å². The lowest BCUT2D eigenvalue weighted by Gasteiger charge is -2.37. The van der Waals surface area contributed by atoms with Crippen LogP contribution in [-0.2, 0) is 0 Å². The zero-order valence-corrected chi connectivity index (χ0v) is 13.2. The first-order chi connectivity index (χ1) is 12.0. The predicted molar refractivity (Wildman–Crippen MR) is 93.8 cm³/mol. The Morgan fingerprint density at radius 2 is 1.72 bits per heavy atom. The largest absolute Gasteiger partial charge is 0.769 e. The van der Waals surface area contributed by atoms with Crippen LogP contribution >= 0.6 is 0 Å². The first-order valence-corrected chi connectivity index (χ1v) is 7.28. The molecule has 2 aromatic carbocycles. The molecule has 0 radical (unpaired) electrons. The van der Waals surface area contributed by atoms with Gasteiger partial charge in [0, 0.05) is 24.5 Å². The molecule has 0 aliphatic heterocycles. The Morgan fingerprint density at radius 3 is 2.32 bits per heavy atom. The van der Waals surface area contributed by atoms with E-state index in [9.17, 15) is 10.4 Å². The summed E-state index contributed by atoms with van der Waals surface area (Å²) < 4.78 is 1.69. The third-order valence-electron chi connectivity index (χ3n) is 3.72. The molecule has 0 aliphatic carbocycles. The van der Waals surface area contributed by atoms with Crippen LogP contribution in [0.25, 0.3) is 16.9 Å². The first kappa shape index (κ1) is 16.7. The smallest absolute Gasteiger partial charge is 0.1000 e. The molecule has 0 aliphatic rings. The van der Waals surface area contributed by atoms with Crippen molar-refractivity contribution in [3.63, 3.8) is 0 Å². The zero-order chi connectivity index (χ0) is 18.0. The molecule has 0 spiro atoms. The number of nitrogens with zero attached hydrogens (tertiary/aromatic N) is 4. The number of imidazole rings is 1. The molecule has 1 aromatic heterocycles. The summed E-state index contributed by atoms with van der Waals surface area (Å²) in [5.74, 6) is 0. The Labute approximate surface area is 143 Å². The lowest BCUT2D eigenvalue weighted by Crippen LogP contribution is -2.10. The van der Waals surface area contributed by atoms with Crippen LogP contribution in [0, 0.1) is 10.4 Å². The highest BCUT2D eigenvalue weighted by Gasteiger charge is 2.08. The van der Waals surface area contributed by atoms with Gasteiger partial charge in [0.2, 0.25) is 0 Å². The van der Waals surface area contributed by atoms with E-state index < -0.39 is 5.23 Å². The van der Waals surface area contributed by atoms with Crippen LogP contribution in [0.2, 0.25) is 0 Å². The maximum atomic E-state index is 11.0. The van der Waals surface area contributed by atoms with Crippen LogP contribution in [0.3, 0.4) is 0 Å². The monoisotopic (exact) mass is 341 g/mol. The molecule has 0 bridgehead atoms. The summed E-state index contributed by atoms with van der Waals surface area (Å²) >= 11 is 0. The van der Waals surface area contributed by atoms with Crippen LogP contribution in [0.15, 0.2) is 55.0 Å². The maximum absolute atomic E-state index is 11.0. The fourth-order valence-corrected chi connectivity index (χ4v) is 2.43. The number of benzene rings is 2. The summed E-state index contributed by atoms with van der Waals surface area (Å²) in [6.45, 7) is 0. The van der Waals surface area contributed by atoms with Gasteiger partial charge in [-0.15, -0.1) is 5.23 Å². The summed E-state index contributed by atoms with van der Waals surface area (Å²) in [5.41, 5.74) is 2.94. The van der Waals surface area contributed by atoms with Gasteiger partial charge in [0.05, 0.1) is 29.1 Å². The quantitative estimate of drug-likeness (QED) is 0.605.